The number of hydrogen-bond acceptors (Lipinski definition) is 1. The molecule has 0 radical (unpaired) electrons. The summed E-state index contributed by atoms with van der Waals surface area (Å²) >= 11 is 10.7. The Balaban J connectivity index is 4.95. The molecule has 0 rings (SSSR count). The fourth-order valence-corrected chi connectivity index (χ4v) is 0.483. The molecule has 10 heavy (non-hydrogen) atoms. The molecular weight excluding hydrogens is 169 g/mol. The summed E-state index contributed by atoms with van der Waals surface area (Å²) in [5, 5.41) is 8.50. The molecule has 3 heteroatoms. The van der Waals surface area contributed by atoms with E-state index in [1.165, 1.54) is 0 Å². The predicted octanol–water partition coefficient (Wildman–Crippen LogP) is 2.70. The second kappa shape index (κ2) is 4.94. The van der Waals surface area contributed by atoms with Crippen LogP contribution in [-0.2, 0) is 0 Å². The van der Waals surface area contributed by atoms with Crippen molar-refractivity contribution in [1.82, 2.24) is 0 Å². The molecule has 0 fully saturated rings. The Hall–Kier alpha value is -0.890. The van der Waals surface area contributed by atoms with Crippen LogP contribution >= 0.6 is 23.2 Å². The van der Waals surface area contributed by atoms with E-state index < -0.39 is 0 Å². The van der Waals surface area contributed by atoms with Gasteiger partial charge in [0.05, 0.1) is 5.03 Å². The fraction of sp³-hybridized carbons (Fsp3) is 0. The Morgan fingerprint density at radius 3 is 2.50 bits per heavy atom. The van der Waals surface area contributed by atoms with E-state index in [0.29, 0.717) is 0 Å². The molecule has 0 N–H and O–H groups in total. The van der Waals surface area contributed by atoms with Crippen molar-refractivity contribution in [2.45, 2.75) is 0 Å². The second-order valence-electron chi connectivity index (χ2n) is 1.25. The summed E-state index contributed by atoms with van der Waals surface area (Å²) in [5.74, 6) is 0. The Morgan fingerprint density at radius 1 is 1.60 bits per heavy atom. The van der Waals surface area contributed by atoms with Gasteiger partial charge in [0.2, 0.25) is 0 Å². The number of nitriles is 1. The van der Waals surface area contributed by atoms with Crippen LogP contribution in [-0.4, -0.2) is 0 Å². The van der Waals surface area contributed by atoms with Crippen molar-refractivity contribution in [2.24, 2.45) is 0 Å². The van der Waals surface area contributed by atoms with E-state index in [1.807, 2.05) is 0 Å². The third-order valence-electron chi connectivity index (χ3n) is 0.660. The zero-order valence-electron chi connectivity index (χ0n) is 4.99. The summed E-state index contributed by atoms with van der Waals surface area (Å²) in [6.07, 6.45) is 0. The average Bonchev–Trinajstić information content (AvgIpc) is 1.99. The Kier molecular flexibility index (Phi) is 4.50. The van der Waals surface area contributed by atoms with E-state index in [4.69, 9.17) is 28.5 Å². The molecule has 0 aliphatic rings. The number of nitrogens with zero attached hydrogens (tertiary/aromatic N) is 1. The minimum absolute atomic E-state index is 0.131. The summed E-state index contributed by atoms with van der Waals surface area (Å²) in [6, 6.07) is 1.77. The first kappa shape index (κ1) is 9.11. The van der Waals surface area contributed by atoms with Gasteiger partial charge in [-0.25, -0.2) is 0 Å². The minimum Gasteiger partial charge on any atom is -0.192 e. The highest BCUT2D eigenvalue weighted by atomic mass is 35.5. The largest absolute Gasteiger partial charge is 0.192 e. The third kappa shape index (κ3) is 2.60. The molecule has 1 nitrogen and oxygen atoms in total. The van der Waals surface area contributed by atoms with E-state index >= 15 is 0 Å². The van der Waals surface area contributed by atoms with E-state index in [2.05, 4.69) is 18.0 Å². The van der Waals surface area contributed by atoms with Crippen LogP contribution in [0.25, 0.3) is 0 Å². The van der Waals surface area contributed by atoms with Gasteiger partial charge in [0.25, 0.3) is 0 Å². The molecule has 0 unspecified atom stereocenters. The highest BCUT2D eigenvalue weighted by Crippen LogP contribution is 2.12. The lowest BCUT2D eigenvalue weighted by Gasteiger charge is -1.84. The van der Waals surface area contributed by atoms with Gasteiger partial charge in [-0.05, 0) is 12.3 Å². The Labute approximate surface area is 69.2 Å². The van der Waals surface area contributed by atoms with E-state index in [-0.39, 0.29) is 10.6 Å². The summed E-state index contributed by atoms with van der Waals surface area (Å²) in [7, 11) is 0. The second-order valence-corrected chi connectivity index (χ2v) is 1.87. The zero-order chi connectivity index (χ0) is 7.98. The zero-order valence-corrected chi connectivity index (χ0v) is 6.50. The van der Waals surface area contributed by atoms with Crippen molar-refractivity contribution < 1.29 is 0 Å². The maximum absolute atomic E-state index is 8.36. The lowest BCUT2D eigenvalue weighted by atomic mass is 10.3. The molecule has 50 valence electrons. The van der Waals surface area contributed by atoms with Crippen molar-refractivity contribution in [2.75, 3.05) is 0 Å². The quantitative estimate of drug-likeness (QED) is 0.339. The SMILES string of the molecule is C=C=C=C(C#N)/C(Cl)=C/Cl. The smallest absolute Gasteiger partial charge is 0.122 e. The van der Waals surface area contributed by atoms with Crippen LogP contribution in [0.15, 0.2) is 34.2 Å². The molecule has 0 aromatic rings. The van der Waals surface area contributed by atoms with Crippen LogP contribution < -0.4 is 0 Å². The molecule has 0 aromatic heterocycles. The summed E-state index contributed by atoms with van der Waals surface area (Å²) in [4.78, 5) is 0. The first-order valence-corrected chi connectivity index (χ1v) is 3.09. The maximum Gasteiger partial charge on any atom is 0.122 e. The van der Waals surface area contributed by atoms with Crippen molar-refractivity contribution in [3.63, 3.8) is 0 Å². The van der Waals surface area contributed by atoms with Crippen molar-refractivity contribution in [3.8, 4) is 6.07 Å². The number of allylic oxidation sites excluding steroid dienone is 2. The third-order valence-corrected chi connectivity index (χ3v) is 1.29. The number of rotatable bonds is 1. The lowest BCUT2D eigenvalue weighted by molar-refractivity contribution is 1.50. The van der Waals surface area contributed by atoms with Gasteiger partial charge in [0.1, 0.15) is 11.6 Å². The molecule has 0 atom stereocenters. The van der Waals surface area contributed by atoms with Gasteiger partial charge >= 0.3 is 0 Å². The number of hydrogen-bond donors (Lipinski definition) is 0. The van der Waals surface area contributed by atoms with Crippen LogP contribution in [0.4, 0.5) is 0 Å². The van der Waals surface area contributed by atoms with Gasteiger partial charge < -0.3 is 0 Å². The summed E-state index contributed by atoms with van der Waals surface area (Å²) in [6.45, 7) is 3.23. The predicted molar refractivity (Wildman–Crippen MR) is 41.6 cm³/mol. The van der Waals surface area contributed by atoms with Gasteiger partial charge in [-0.2, -0.15) is 5.26 Å². The Morgan fingerprint density at radius 2 is 2.20 bits per heavy atom. The van der Waals surface area contributed by atoms with E-state index in [0.717, 1.165) is 5.54 Å². The number of halogens is 2. The van der Waals surface area contributed by atoms with Gasteiger partial charge in [0.15, 0.2) is 0 Å². The van der Waals surface area contributed by atoms with Crippen LogP contribution in [0.2, 0.25) is 0 Å². The molecule has 0 aliphatic heterocycles. The van der Waals surface area contributed by atoms with Crippen molar-refractivity contribution in [1.29, 1.82) is 5.26 Å². The highest BCUT2D eigenvalue weighted by molar-refractivity contribution is 6.38. The molecule has 0 aromatic carbocycles. The first-order chi connectivity index (χ1) is 4.76. The average molecular weight is 172 g/mol. The van der Waals surface area contributed by atoms with Gasteiger partial charge in [0, 0.05) is 5.54 Å². The summed E-state index contributed by atoms with van der Waals surface area (Å²) in [5.41, 5.74) is 5.90. The minimum atomic E-state index is 0.131. The topological polar surface area (TPSA) is 23.8 Å². The molecule has 0 heterocycles. The first-order valence-electron chi connectivity index (χ1n) is 2.27. The monoisotopic (exact) mass is 171 g/mol. The van der Waals surface area contributed by atoms with Crippen molar-refractivity contribution >= 4 is 23.2 Å². The van der Waals surface area contributed by atoms with Gasteiger partial charge in [-0.3, -0.25) is 0 Å². The van der Waals surface area contributed by atoms with Gasteiger partial charge in [-0.15, -0.1) is 0 Å². The van der Waals surface area contributed by atoms with E-state index in [1.54, 1.807) is 6.07 Å². The fourth-order valence-electron chi connectivity index (χ4n) is 0.284. The molecule has 0 saturated heterocycles. The van der Waals surface area contributed by atoms with Crippen LogP contribution in [0.5, 0.6) is 0 Å². The molecule has 0 bridgehead atoms. The molecule has 0 amide bonds. The standard InChI is InChI=1S/C7H3Cl2N/c1-2-3-6(5-10)7(9)4-8/h4H,1H2/b7-4-. The molecule has 0 spiro atoms. The highest BCUT2D eigenvalue weighted by Gasteiger charge is 1.96. The maximum atomic E-state index is 8.36. The van der Waals surface area contributed by atoms with Crippen LogP contribution in [0.3, 0.4) is 0 Å². The van der Waals surface area contributed by atoms with E-state index in [9.17, 15) is 0 Å². The normalized spacial score (nSPS) is 9.10. The van der Waals surface area contributed by atoms with Crippen molar-refractivity contribution in [3.05, 3.63) is 34.2 Å². The van der Waals surface area contributed by atoms with Crippen LogP contribution in [0.1, 0.15) is 0 Å². The lowest BCUT2D eigenvalue weighted by Crippen LogP contribution is -1.72. The molecule has 0 saturated carbocycles. The molecular formula is C7H3Cl2N. The van der Waals surface area contributed by atoms with Crippen LogP contribution in [0, 0.1) is 11.3 Å². The Bertz CT molecular complexity index is 270. The summed E-state index contributed by atoms with van der Waals surface area (Å²) < 4.78 is 0. The molecule has 0 aliphatic carbocycles. The van der Waals surface area contributed by atoms with Gasteiger partial charge in [-0.1, -0.05) is 28.9 Å².